The van der Waals surface area contributed by atoms with Gasteiger partial charge in [-0.2, -0.15) is 5.26 Å². The van der Waals surface area contributed by atoms with Gasteiger partial charge in [-0.15, -0.1) is 0 Å². The molecule has 1 aliphatic heterocycles. The lowest BCUT2D eigenvalue weighted by Crippen LogP contribution is -2.55. The number of nitrogens with zero attached hydrogens (tertiary/aromatic N) is 6. The molecule has 4 aromatic rings. The standard InChI is InChI=1S/C31H33N7O4/c1-21(29-34-26-8-6-5-7-25(26)30(39)38(29)36-17-15-35(2)16-18-36)37(27-14-13-24(41-3)19-28(27)42-4)31(40)33-23-11-9-22(20-32)10-12-23/h5-14,19,21H,15-18H2,1-4H3,(H,33,40). The van der Waals surface area contributed by atoms with E-state index in [0.29, 0.717) is 58.3 Å². The fourth-order valence-electron chi connectivity index (χ4n) is 5.09. The summed E-state index contributed by atoms with van der Waals surface area (Å²) in [4.78, 5) is 36.8. The molecule has 1 aliphatic rings. The van der Waals surface area contributed by atoms with Crippen LogP contribution >= 0.6 is 0 Å². The van der Waals surface area contributed by atoms with E-state index in [1.807, 2.05) is 31.1 Å². The predicted molar refractivity (Wildman–Crippen MR) is 162 cm³/mol. The van der Waals surface area contributed by atoms with E-state index in [-0.39, 0.29) is 5.56 Å². The number of para-hydroxylation sites is 1. The van der Waals surface area contributed by atoms with Gasteiger partial charge in [-0.05, 0) is 62.5 Å². The number of benzene rings is 3. The van der Waals surface area contributed by atoms with E-state index in [9.17, 15) is 14.9 Å². The van der Waals surface area contributed by atoms with Crippen molar-refractivity contribution in [2.45, 2.75) is 13.0 Å². The molecule has 0 spiro atoms. The number of carbonyl (C=O) groups excluding carboxylic acids is 1. The van der Waals surface area contributed by atoms with Gasteiger partial charge in [-0.25, -0.2) is 14.5 Å². The van der Waals surface area contributed by atoms with Gasteiger partial charge in [-0.3, -0.25) is 9.69 Å². The number of nitrogens with one attached hydrogen (secondary N) is 1. The largest absolute Gasteiger partial charge is 0.497 e. The van der Waals surface area contributed by atoms with Gasteiger partial charge in [0.2, 0.25) is 0 Å². The molecule has 2 heterocycles. The number of carbonyl (C=O) groups is 1. The first kappa shape index (κ1) is 28.4. The minimum Gasteiger partial charge on any atom is -0.497 e. The lowest BCUT2D eigenvalue weighted by atomic mass is 10.1. The highest BCUT2D eigenvalue weighted by Gasteiger charge is 2.32. The van der Waals surface area contributed by atoms with Crippen molar-refractivity contribution in [2.75, 3.05) is 62.7 Å². The third-order valence-corrected chi connectivity index (χ3v) is 7.43. The molecule has 3 aromatic carbocycles. The molecular weight excluding hydrogens is 534 g/mol. The van der Waals surface area contributed by atoms with Crippen LogP contribution in [-0.4, -0.2) is 68.0 Å². The Bertz CT molecular complexity index is 1690. The fourth-order valence-corrected chi connectivity index (χ4v) is 5.09. The summed E-state index contributed by atoms with van der Waals surface area (Å²) >= 11 is 0. The van der Waals surface area contributed by atoms with E-state index in [1.54, 1.807) is 66.4 Å². The SMILES string of the molecule is COc1ccc(N(C(=O)Nc2ccc(C#N)cc2)C(C)c2nc3ccccc3c(=O)n2N2CCN(C)CC2)c(OC)c1. The predicted octanol–water partition coefficient (Wildman–Crippen LogP) is 3.97. The van der Waals surface area contributed by atoms with Crippen LogP contribution in [0.3, 0.4) is 0 Å². The van der Waals surface area contributed by atoms with E-state index < -0.39 is 12.1 Å². The summed E-state index contributed by atoms with van der Waals surface area (Å²) in [7, 11) is 5.13. The molecule has 5 rings (SSSR count). The number of likely N-dealkylation sites (N-methyl/N-ethyl adjacent to an activating group) is 1. The number of rotatable bonds is 7. The first-order valence-electron chi connectivity index (χ1n) is 13.6. The second-order valence-electron chi connectivity index (χ2n) is 10.1. The molecule has 1 atom stereocenters. The number of hydrogen-bond acceptors (Lipinski definition) is 8. The Hall–Kier alpha value is -5.08. The van der Waals surface area contributed by atoms with E-state index >= 15 is 0 Å². The molecule has 216 valence electrons. The van der Waals surface area contributed by atoms with Crippen molar-refractivity contribution in [2.24, 2.45) is 0 Å². The maximum absolute atomic E-state index is 14.1. The molecule has 1 N–H and O–H groups in total. The topological polar surface area (TPSA) is 116 Å². The molecule has 1 fully saturated rings. The number of piperazine rings is 1. The van der Waals surface area contributed by atoms with Gasteiger partial charge in [0.1, 0.15) is 11.5 Å². The van der Waals surface area contributed by atoms with Crippen molar-refractivity contribution < 1.29 is 14.3 Å². The van der Waals surface area contributed by atoms with E-state index in [2.05, 4.69) is 16.3 Å². The first-order chi connectivity index (χ1) is 20.3. The Morgan fingerprint density at radius 3 is 2.40 bits per heavy atom. The normalized spacial score (nSPS) is 14.2. The molecular formula is C31H33N7O4. The zero-order valence-corrected chi connectivity index (χ0v) is 24.1. The number of ether oxygens (including phenoxy) is 2. The first-order valence-corrected chi connectivity index (χ1v) is 13.6. The average Bonchev–Trinajstić information content (AvgIpc) is 3.02. The summed E-state index contributed by atoms with van der Waals surface area (Å²) in [5, 5.41) is 14.6. The van der Waals surface area contributed by atoms with Crippen LogP contribution in [0.15, 0.2) is 71.5 Å². The fraction of sp³-hybridized carbons (Fsp3) is 0.290. The number of hydrogen-bond donors (Lipinski definition) is 1. The van der Waals surface area contributed by atoms with Crippen molar-refractivity contribution in [3.63, 3.8) is 0 Å². The number of aromatic nitrogens is 2. The highest BCUT2D eigenvalue weighted by Crippen LogP contribution is 2.37. The van der Waals surface area contributed by atoms with Crippen molar-refractivity contribution in [3.05, 3.63) is 88.5 Å². The summed E-state index contributed by atoms with van der Waals surface area (Å²) in [5.74, 6) is 1.38. The van der Waals surface area contributed by atoms with Crippen LogP contribution in [0, 0.1) is 11.3 Å². The Balaban J connectivity index is 1.66. The molecule has 0 saturated carbocycles. The number of nitriles is 1. The van der Waals surface area contributed by atoms with Crippen molar-refractivity contribution in [1.82, 2.24) is 14.6 Å². The minimum atomic E-state index is -0.720. The Kier molecular flexibility index (Phi) is 8.26. The molecule has 11 nitrogen and oxygen atoms in total. The lowest BCUT2D eigenvalue weighted by molar-refractivity contribution is 0.253. The monoisotopic (exact) mass is 567 g/mol. The zero-order chi connectivity index (χ0) is 29.8. The molecule has 1 aromatic heterocycles. The van der Waals surface area contributed by atoms with Crippen LogP contribution in [0.25, 0.3) is 10.9 Å². The van der Waals surface area contributed by atoms with Gasteiger partial charge in [0, 0.05) is 37.9 Å². The van der Waals surface area contributed by atoms with Crippen LogP contribution < -0.4 is 30.3 Å². The third-order valence-electron chi connectivity index (χ3n) is 7.43. The molecule has 42 heavy (non-hydrogen) atoms. The molecule has 1 saturated heterocycles. The van der Waals surface area contributed by atoms with Gasteiger partial charge in [-0.1, -0.05) is 12.1 Å². The zero-order valence-electron chi connectivity index (χ0n) is 24.1. The summed E-state index contributed by atoms with van der Waals surface area (Å²) < 4.78 is 12.7. The quantitative estimate of drug-likeness (QED) is 0.357. The molecule has 2 amide bonds. The average molecular weight is 568 g/mol. The molecule has 11 heteroatoms. The third kappa shape index (κ3) is 5.57. The van der Waals surface area contributed by atoms with Crippen molar-refractivity contribution in [1.29, 1.82) is 5.26 Å². The second kappa shape index (κ2) is 12.2. The van der Waals surface area contributed by atoms with Gasteiger partial charge in [0.05, 0.1) is 48.5 Å². The van der Waals surface area contributed by atoms with Gasteiger partial charge in [0.15, 0.2) is 5.82 Å². The number of anilines is 2. The van der Waals surface area contributed by atoms with Crippen LogP contribution in [-0.2, 0) is 0 Å². The molecule has 0 radical (unpaired) electrons. The van der Waals surface area contributed by atoms with Crippen LogP contribution in [0.4, 0.5) is 16.2 Å². The Morgan fingerprint density at radius 2 is 1.74 bits per heavy atom. The van der Waals surface area contributed by atoms with E-state index in [0.717, 1.165) is 13.1 Å². The second-order valence-corrected chi connectivity index (χ2v) is 10.1. The molecule has 1 unspecified atom stereocenters. The molecule has 0 bridgehead atoms. The van der Waals surface area contributed by atoms with Crippen LogP contribution in [0.2, 0.25) is 0 Å². The Morgan fingerprint density at radius 1 is 1.02 bits per heavy atom. The highest BCUT2D eigenvalue weighted by molar-refractivity contribution is 6.03. The van der Waals surface area contributed by atoms with Crippen LogP contribution in [0.5, 0.6) is 11.5 Å². The van der Waals surface area contributed by atoms with Crippen molar-refractivity contribution in [3.8, 4) is 17.6 Å². The van der Waals surface area contributed by atoms with Gasteiger partial charge < -0.3 is 24.7 Å². The van der Waals surface area contributed by atoms with E-state index in [4.69, 9.17) is 14.5 Å². The lowest BCUT2D eigenvalue weighted by Gasteiger charge is -2.38. The maximum atomic E-state index is 14.1. The number of fused-ring (bicyclic) bond motifs is 1. The number of urea groups is 1. The van der Waals surface area contributed by atoms with Crippen LogP contribution in [0.1, 0.15) is 24.4 Å². The number of methoxy groups -OCH3 is 2. The summed E-state index contributed by atoms with van der Waals surface area (Å²) in [6, 6.07) is 19.9. The summed E-state index contributed by atoms with van der Waals surface area (Å²) in [6.07, 6.45) is 0. The van der Waals surface area contributed by atoms with E-state index in [1.165, 1.54) is 12.0 Å². The minimum absolute atomic E-state index is 0.193. The maximum Gasteiger partial charge on any atom is 0.327 e. The Labute approximate surface area is 244 Å². The van der Waals surface area contributed by atoms with Gasteiger partial charge in [0.25, 0.3) is 5.56 Å². The highest BCUT2D eigenvalue weighted by atomic mass is 16.5. The van der Waals surface area contributed by atoms with Crippen molar-refractivity contribution >= 4 is 28.3 Å². The summed E-state index contributed by atoms with van der Waals surface area (Å²) in [5.41, 5.74) is 1.80. The van der Waals surface area contributed by atoms with Gasteiger partial charge >= 0.3 is 6.03 Å². The number of amides is 2. The smallest absolute Gasteiger partial charge is 0.327 e. The summed E-state index contributed by atoms with van der Waals surface area (Å²) in [6.45, 7) is 4.65. The molecule has 0 aliphatic carbocycles.